The fraction of sp³-hybridized carbons (Fsp3) is 0.545. The first kappa shape index (κ1) is 19.0. The maximum atomic E-state index is 13.4. The van der Waals surface area contributed by atoms with Crippen molar-refractivity contribution in [1.82, 2.24) is 19.4 Å². The SMILES string of the molecule is O=c1c(NCCN2CCCC2)nc2sc3ccccc3c2n1CCN1CCCC1. The molecule has 0 unspecified atom stereocenters. The zero-order valence-corrected chi connectivity index (χ0v) is 17.7. The smallest absolute Gasteiger partial charge is 0.293 e. The summed E-state index contributed by atoms with van der Waals surface area (Å²) < 4.78 is 3.16. The van der Waals surface area contributed by atoms with E-state index in [2.05, 4.69) is 33.3 Å². The zero-order valence-electron chi connectivity index (χ0n) is 16.9. The van der Waals surface area contributed by atoms with E-state index in [9.17, 15) is 4.79 Å². The summed E-state index contributed by atoms with van der Waals surface area (Å²) in [5, 5.41) is 4.49. The summed E-state index contributed by atoms with van der Waals surface area (Å²) in [7, 11) is 0. The predicted octanol–water partition coefficient (Wildman–Crippen LogP) is 3.21. The first-order valence-electron chi connectivity index (χ1n) is 10.9. The summed E-state index contributed by atoms with van der Waals surface area (Å²) in [5.41, 5.74) is 1.02. The molecule has 7 heteroatoms. The molecule has 2 aromatic heterocycles. The number of likely N-dealkylation sites (tertiary alicyclic amines) is 2. The minimum Gasteiger partial charge on any atom is -0.364 e. The summed E-state index contributed by atoms with van der Waals surface area (Å²) in [6.07, 6.45) is 5.11. The van der Waals surface area contributed by atoms with Crippen LogP contribution in [0.3, 0.4) is 0 Å². The van der Waals surface area contributed by atoms with Crippen molar-refractivity contribution in [3.8, 4) is 0 Å². The van der Waals surface area contributed by atoms with Gasteiger partial charge in [0.25, 0.3) is 5.56 Å². The van der Waals surface area contributed by atoms with Gasteiger partial charge in [0.15, 0.2) is 5.82 Å². The van der Waals surface area contributed by atoms with E-state index in [1.165, 1.54) is 43.5 Å². The molecule has 6 nitrogen and oxygen atoms in total. The Balaban J connectivity index is 1.47. The van der Waals surface area contributed by atoms with Crippen LogP contribution in [0, 0.1) is 0 Å². The highest BCUT2D eigenvalue weighted by atomic mass is 32.1. The van der Waals surface area contributed by atoms with E-state index in [0.29, 0.717) is 5.82 Å². The lowest BCUT2D eigenvalue weighted by molar-refractivity contribution is 0.323. The number of hydrogen-bond donors (Lipinski definition) is 1. The van der Waals surface area contributed by atoms with Crippen LogP contribution in [-0.4, -0.2) is 65.2 Å². The van der Waals surface area contributed by atoms with Crippen LogP contribution in [0.2, 0.25) is 0 Å². The summed E-state index contributed by atoms with van der Waals surface area (Å²) in [5.74, 6) is 0.504. The number of anilines is 1. The predicted molar refractivity (Wildman–Crippen MR) is 121 cm³/mol. The lowest BCUT2D eigenvalue weighted by atomic mass is 10.2. The molecule has 0 spiro atoms. The Hall–Kier alpha value is -1.96. The summed E-state index contributed by atoms with van der Waals surface area (Å²) in [6.45, 7) is 8.03. The van der Waals surface area contributed by atoms with Gasteiger partial charge in [-0.2, -0.15) is 0 Å². The van der Waals surface area contributed by atoms with Crippen molar-refractivity contribution in [2.45, 2.75) is 32.2 Å². The van der Waals surface area contributed by atoms with Crippen molar-refractivity contribution >= 4 is 37.6 Å². The molecular formula is C22H29N5OS. The van der Waals surface area contributed by atoms with E-state index in [1.807, 2.05) is 10.6 Å². The number of nitrogens with one attached hydrogen (secondary N) is 1. The lowest BCUT2D eigenvalue weighted by Crippen LogP contribution is -2.32. The van der Waals surface area contributed by atoms with Crippen LogP contribution < -0.4 is 10.9 Å². The number of hydrogen-bond acceptors (Lipinski definition) is 6. The highest BCUT2D eigenvalue weighted by molar-refractivity contribution is 7.25. The molecule has 2 aliphatic heterocycles. The topological polar surface area (TPSA) is 53.4 Å². The van der Waals surface area contributed by atoms with Crippen LogP contribution in [0.15, 0.2) is 29.1 Å². The van der Waals surface area contributed by atoms with E-state index in [-0.39, 0.29) is 5.56 Å². The van der Waals surface area contributed by atoms with Gasteiger partial charge in [-0.1, -0.05) is 18.2 Å². The molecule has 2 aliphatic rings. The minimum absolute atomic E-state index is 0.0154. The van der Waals surface area contributed by atoms with Gasteiger partial charge in [0, 0.05) is 36.3 Å². The van der Waals surface area contributed by atoms with E-state index < -0.39 is 0 Å². The van der Waals surface area contributed by atoms with Crippen molar-refractivity contribution < 1.29 is 0 Å². The molecule has 5 rings (SSSR count). The van der Waals surface area contributed by atoms with Gasteiger partial charge in [-0.15, -0.1) is 11.3 Å². The molecule has 29 heavy (non-hydrogen) atoms. The first-order valence-corrected chi connectivity index (χ1v) is 11.7. The van der Waals surface area contributed by atoms with Crippen LogP contribution in [0.1, 0.15) is 25.7 Å². The van der Waals surface area contributed by atoms with Crippen LogP contribution in [0.5, 0.6) is 0 Å². The van der Waals surface area contributed by atoms with Gasteiger partial charge in [0.2, 0.25) is 0 Å². The molecule has 2 fully saturated rings. The van der Waals surface area contributed by atoms with E-state index in [4.69, 9.17) is 4.98 Å². The van der Waals surface area contributed by atoms with Crippen molar-refractivity contribution in [3.05, 3.63) is 34.6 Å². The lowest BCUT2D eigenvalue weighted by Gasteiger charge is -2.18. The van der Waals surface area contributed by atoms with Crippen LogP contribution in [0.4, 0.5) is 5.82 Å². The molecule has 1 aromatic carbocycles. The molecular weight excluding hydrogens is 382 g/mol. The second-order valence-corrected chi connectivity index (χ2v) is 9.22. The van der Waals surface area contributed by atoms with Crippen molar-refractivity contribution in [3.63, 3.8) is 0 Å². The molecule has 4 heterocycles. The molecule has 3 aromatic rings. The quantitative estimate of drug-likeness (QED) is 0.647. The largest absolute Gasteiger partial charge is 0.364 e. The van der Waals surface area contributed by atoms with Gasteiger partial charge in [-0.3, -0.25) is 4.79 Å². The molecule has 0 bridgehead atoms. The highest BCUT2D eigenvalue weighted by Crippen LogP contribution is 2.32. The van der Waals surface area contributed by atoms with Gasteiger partial charge in [-0.25, -0.2) is 4.98 Å². The zero-order chi connectivity index (χ0) is 19.6. The van der Waals surface area contributed by atoms with Gasteiger partial charge < -0.3 is 19.7 Å². The third kappa shape index (κ3) is 3.91. The van der Waals surface area contributed by atoms with E-state index in [0.717, 1.165) is 55.0 Å². The Bertz CT molecular complexity index is 1050. The Kier molecular flexibility index (Phi) is 5.52. The third-order valence-corrected chi connectivity index (χ3v) is 7.29. The molecule has 0 atom stereocenters. The second-order valence-electron chi connectivity index (χ2n) is 8.19. The maximum Gasteiger partial charge on any atom is 0.293 e. The average molecular weight is 412 g/mol. The molecule has 2 saturated heterocycles. The summed E-state index contributed by atoms with van der Waals surface area (Å²) in [4.78, 5) is 24.0. The highest BCUT2D eigenvalue weighted by Gasteiger charge is 2.18. The van der Waals surface area contributed by atoms with Crippen molar-refractivity contribution in [2.24, 2.45) is 0 Å². The standard InChI is InChI=1S/C22H29N5OS/c28-22-20(23-9-14-25-10-3-4-11-25)24-21-19(17-7-1-2-8-18(17)29-21)27(22)16-15-26-12-5-6-13-26/h1-2,7-8H,3-6,9-16H2,(H,23,24). The van der Waals surface area contributed by atoms with E-state index in [1.54, 1.807) is 11.3 Å². The third-order valence-electron chi connectivity index (χ3n) is 6.24. The molecule has 0 saturated carbocycles. The maximum absolute atomic E-state index is 13.4. The summed E-state index contributed by atoms with van der Waals surface area (Å²) in [6, 6.07) is 8.34. The summed E-state index contributed by atoms with van der Waals surface area (Å²) >= 11 is 1.68. The fourth-order valence-electron chi connectivity index (χ4n) is 4.65. The van der Waals surface area contributed by atoms with Gasteiger partial charge in [0.1, 0.15) is 4.83 Å². The minimum atomic E-state index is 0.0154. The molecule has 154 valence electrons. The molecule has 1 N–H and O–H groups in total. The number of fused-ring (bicyclic) bond motifs is 3. The van der Waals surface area contributed by atoms with E-state index >= 15 is 0 Å². The Labute approximate surface area is 175 Å². The number of nitrogens with zero attached hydrogens (tertiary/aromatic N) is 4. The van der Waals surface area contributed by atoms with Crippen LogP contribution >= 0.6 is 11.3 Å². The second kappa shape index (κ2) is 8.42. The number of thiophene rings is 1. The van der Waals surface area contributed by atoms with Crippen LogP contribution in [0.25, 0.3) is 20.4 Å². The Morgan fingerprint density at radius 1 is 0.931 bits per heavy atom. The number of rotatable bonds is 7. The number of aromatic nitrogens is 2. The van der Waals surface area contributed by atoms with Crippen molar-refractivity contribution in [2.75, 3.05) is 51.1 Å². The van der Waals surface area contributed by atoms with Crippen LogP contribution in [-0.2, 0) is 6.54 Å². The fourth-order valence-corrected chi connectivity index (χ4v) is 5.73. The number of benzene rings is 1. The average Bonchev–Trinajstić information content (AvgIpc) is 3.49. The molecule has 0 amide bonds. The first-order chi connectivity index (χ1) is 14.3. The Morgan fingerprint density at radius 3 is 2.38 bits per heavy atom. The molecule has 0 radical (unpaired) electrons. The normalized spacial score (nSPS) is 18.3. The Morgan fingerprint density at radius 2 is 1.62 bits per heavy atom. The van der Waals surface area contributed by atoms with Gasteiger partial charge in [-0.05, 0) is 57.9 Å². The van der Waals surface area contributed by atoms with Crippen molar-refractivity contribution in [1.29, 1.82) is 0 Å². The monoisotopic (exact) mass is 411 g/mol. The molecule has 0 aliphatic carbocycles. The van der Waals surface area contributed by atoms with Gasteiger partial charge in [0.05, 0.1) is 5.52 Å². The van der Waals surface area contributed by atoms with Gasteiger partial charge >= 0.3 is 0 Å².